The highest BCUT2D eigenvalue weighted by Crippen LogP contribution is 2.21. The number of hydrogen-bond donors (Lipinski definition) is 2. The molecule has 1 fully saturated rings. The van der Waals surface area contributed by atoms with Crippen LogP contribution in [-0.4, -0.2) is 50.3 Å². The zero-order chi connectivity index (χ0) is 24.6. The van der Waals surface area contributed by atoms with E-state index in [1.54, 1.807) is 43.3 Å². The molecule has 184 valence electrons. The number of piperidine rings is 1. The predicted molar refractivity (Wildman–Crippen MR) is 127 cm³/mol. The van der Waals surface area contributed by atoms with Gasteiger partial charge in [-0.05, 0) is 68.7 Å². The second-order valence-corrected chi connectivity index (χ2v) is 9.93. The lowest BCUT2D eigenvalue weighted by atomic mass is 10.1. The summed E-state index contributed by atoms with van der Waals surface area (Å²) < 4.78 is 37.9. The molecule has 0 saturated carbocycles. The standard InChI is InChI=1S/C24H31N3O6S/c1-3-32-20-9-11-21(12-10-20)33-18(2)24(29)26-25-23(28)17-19-7-13-22(14-8-19)34(30,31)27-15-5-4-6-16-27/h7-14,18H,3-6,15-17H2,1-2H3,(H,25,28)(H,26,29). The van der Waals surface area contributed by atoms with Crippen LogP contribution in [0.4, 0.5) is 0 Å². The minimum atomic E-state index is -3.51. The average Bonchev–Trinajstić information content (AvgIpc) is 2.85. The lowest BCUT2D eigenvalue weighted by molar-refractivity contribution is -0.132. The average molecular weight is 490 g/mol. The summed E-state index contributed by atoms with van der Waals surface area (Å²) >= 11 is 0. The number of carbonyl (C=O) groups excluding carboxylic acids is 2. The first-order valence-corrected chi connectivity index (χ1v) is 12.8. The lowest BCUT2D eigenvalue weighted by Gasteiger charge is -2.25. The highest BCUT2D eigenvalue weighted by atomic mass is 32.2. The van der Waals surface area contributed by atoms with Crippen molar-refractivity contribution in [3.63, 3.8) is 0 Å². The van der Waals surface area contributed by atoms with Crippen LogP contribution in [0.3, 0.4) is 0 Å². The maximum atomic E-state index is 12.7. The maximum Gasteiger partial charge on any atom is 0.279 e. The van der Waals surface area contributed by atoms with E-state index in [-0.39, 0.29) is 11.3 Å². The lowest BCUT2D eigenvalue weighted by Crippen LogP contribution is -2.47. The van der Waals surface area contributed by atoms with Crippen molar-refractivity contribution in [2.45, 2.75) is 50.5 Å². The summed E-state index contributed by atoms with van der Waals surface area (Å²) in [6.45, 7) is 5.08. The van der Waals surface area contributed by atoms with E-state index >= 15 is 0 Å². The minimum Gasteiger partial charge on any atom is -0.494 e. The molecule has 1 heterocycles. The van der Waals surface area contributed by atoms with Crippen LogP contribution in [0.5, 0.6) is 11.5 Å². The Morgan fingerprint density at radius 1 is 0.941 bits per heavy atom. The van der Waals surface area contributed by atoms with Gasteiger partial charge in [-0.2, -0.15) is 4.31 Å². The Labute approximate surface area is 200 Å². The molecule has 1 atom stereocenters. The first-order valence-electron chi connectivity index (χ1n) is 11.4. The van der Waals surface area contributed by atoms with Gasteiger partial charge in [-0.1, -0.05) is 18.6 Å². The van der Waals surface area contributed by atoms with Crippen LogP contribution in [0, 0.1) is 0 Å². The molecule has 0 radical (unpaired) electrons. The SMILES string of the molecule is CCOc1ccc(OC(C)C(=O)NNC(=O)Cc2ccc(S(=O)(=O)N3CCCCC3)cc2)cc1. The van der Waals surface area contributed by atoms with Crippen LogP contribution in [-0.2, 0) is 26.0 Å². The molecule has 2 N–H and O–H groups in total. The smallest absolute Gasteiger partial charge is 0.279 e. The van der Waals surface area contributed by atoms with E-state index in [0.717, 1.165) is 19.3 Å². The van der Waals surface area contributed by atoms with Crippen molar-refractivity contribution in [1.29, 1.82) is 0 Å². The number of nitrogens with zero attached hydrogens (tertiary/aromatic N) is 1. The first-order chi connectivity index (χ1) is 16.3. The number of hydrogen-bond acceptors (Lipinski definition) is 6. The molecule has 2 aromatic carbocycles. The van der Waals surface area contributed by atoms with E-state index in [0.29, 0.717) is 36.8 Å². The third-order valence-electron chi connectivity index (χ3n) is 5.38. The van der Waals surface area contributed by atoms with Crippen molar-refractivity contribution >= 4 is 21.8 Å². The fourth-order valence-electron chi connectivity index (χ4n) is 3.53. The van der Waals surface area contributed by atoms with Crippen molar-refractivity contribution in [1.82, 2.24) is 15.2 Å². The maximum absolute atomic E-state index is 12.7. The van der Waals surface area contributed by atoms with Gasteiger partial charge in [0.1, 0.15) is 11.5 Å². The monoisotopic (exact) mass is 489 g/mol. The zero-order valence-corrected chi connectivity index (χ0v) is 20.3. The van der Waals surface area contributed by atoms with Crippen molar-refractivity contribution in [3.8, 4) is 11.5 Å². The molecule has 3 rings (SSSR count). The topological polar surface area (TPSA) is 114 Å². The highest BCUT2D eigenvalue weighted by molar-refractivity contribution is 7.89. The third kappa shape index (κ3) is 6.94. The van der Waals surface area contributed by atoms with E-state index in [2.05, 4.69) is 10.9 Å². The van der Waals surface area contributed by atoms with E-state index in [1.807, 2.05) is 6.92 Å². The number of ether oxygens (including phenoxy) is 2. The van der Waals surface area contributed by atoms with Gasteiger partial charge in [0.25, 0.3) is 5.91 Å². The third-order valence-corrected chi connectivity index (χ3v) is 7.30. The van der Waals surface area contributed by atoms with Gasteiger partial charge in [-0.3, -0.25) is 20.4 Å². The highest BCUT2D eigenvalue weighted by Gasteiger charge is 2.25. The first kappa shape index (κ1) is 25.5. The van der Waals surface area contributed by atoms with E-state index in [4.69, 9.17) is 9.47 Å². The number of rotatable bonds is 9. The van der Waals surface area contributed by atoms with Gasteiger partial charge in [0.15, 0.2) is 6.10 Å². The summed E-state index contributed by atoms with van der Waals surface area (Å²) in [4.78, 5) is 24.7. The Morgan fingerprint density at radius 3 is 2.18 bits per heavy atom. The quantitative estimate of drug-likeness (QED) is 0.523. The van der Waals surface area contributed by atoms with Gasteiger partial charge in [0.2, 0.25) is 15.9 Å². The van der Waals surface area contributed by atoms with E-state index < -0.39 is 27.9 Å². The Balaban J connectivity index is 1.46. The largest absolute Gasteiger partial charge is 0.494 e. The predicted octanol–water partition coefficient (Wildman–Crippen LogP) is 2.42. The molecule has 2 amide bonds. The Kier molecular flexibility index (Phi) is 8.89. The number of hydrazine groups is 1. The molecule has 10 heteroatoms. The number of nitrogens with one attached hydrogen (secondary N) is 2. The molecule has 0 aliphatic carbocycles. The molecular weight excluding hydrogens is 458 g/mol. The van der Waals surface area contributed by atoms with Gasteiger partial charge < -0.3 is 9.47 Å². The van der Waals surface area contributed by atoms with Gasteiger partial charge in [-0.25, -0.2) is 8.42 Å². The minimum absolute atomic E-state index is 0.0154. The molecule has 1 aliphatic rings. The molecule has 9 nitrogen and oxygen atoms in total. The molecule has 0 spiro atoms. The number of sulfonamides is 1. The van der Waals surface area contributed by atoms with E-state index in [1.165, 1.54) is 16.4 Å². The summed E-state index contributed by atoms with van der Waals surface area (Å²) in [5, 5.41) is 0. The van der Waals surface area contributed by atoms with Crippen molar-refractivity contribution in [2.24, 2.45) is 0 Å². The molecule has 1 unspecified atom stereocenters. The summed E-state index contributed by atoms with van der Waals surface area (Å²) in [6.07, 6.45) is 1.93. The number of carbonyl (C=O) groups is 2. The molecule has 0 bridgehead atoms. The molecule has 34 heavy (non-hydrogen) atoms. The summed E-state index contributed by atoms with van der Waals surface area (Å²) in [5.41, 5.74) is 5.33. The molecule has 1 aliphatic heterocycles. The summed E-state index contributed by atoms with van der Waals surface area (Å²) in [7, 11) is -3.51. The second kappa shape index (κ2) is 11.8. The van der Waals surface area contributed by atoms with Crippen LogP contribution in [0.1, 0.15) is 38.7 Å². The van der Waals surface area contributed by atoms with Crippen LogP contribution < -0.4 is 20.3 Å². The Hall–Kier alpha value is -3.11. The summed E-state index contributed by atoms with van der Waals surface area (Å²) in [6, 6.07) is 13.1. The van der Waals surface area contributed by atoms with Gasteiger partial charge >= 0.3 is 0 Å². The molecular formula is C24H31N3O6S. The van der Waals surface area contributed by atoms with Gasteiger partial charge in [-0.15, -0.1) is 0 Å². The normalized spacial score (nSPS) is 15.2. The van der Waals surface area contributed by atoms with Gasteiger partial charge in [0, 0.05) is 13.1 Å². The van der Waals surface area contributed by atoms with Crippen LogP contribution in [0.25, 0.3) is 0 Å². The zero-order valence-electron chi connectivity index (χ0n) is 19.5. The van der Waals surface area contributed by atoms with Crippen LogP contribution in [0.15, 0.2) is 53.4 Å². The number of amides is 2. The number of benzene rings is 2. The van der Waals surface area contributed by atoms with Crippen LogP contribution >= 0.6 is 0 Å². The van der Waals surface area contributed by atoms with Crippen LogP contribution in [0.2, 0.25) is 0 Å². The summed E-state index contributed by atoms with van der Waals surface area (Å²) in [5.74, 6) is 0.256. The Morgan fingerprint density at radius 2 is 1.56 bits per heavy atom. The molecule has 2 aromatic rings. The van der Waals surface area contributed by atoms with Crippen molar-refractivity contribution in [2.75, 3.05) is 19.7 Å². The molecule has 1 saturated heterocycles. The van der Waals surface area contributed by atoms with Crippen molar-refractivity contribution in [3.05, 3.63) is 54.1 Å². The van der Waals surface area contributed by atoms with Crippen molar-refractivity contribution < 1.29 is 27.5 Å². The Bertz CT molecular complexity index is 1060. The fraction of sp³-hybridized carbons (Fsp3) is 0.417. The molecule has 0 aromatic heterocycles. The van der Waals surface area contributed by atoms with Gasteiger partial charge in [0.05, 0.1) is 17.9 Å². The van der Waals surface area contributed by atoms with E-state index in [9.17, 15) is 18.0 Å². The fourth-order valence-corrected chi connectivity index (χ4v) is 5.05. The second-order valence-electron chi connectivity index (χ2n) is 7.99.